The van der Waals surface area contributed by atoms with Crippen LogP contribution in [0.5, 0.6) is 0 Å². The third kappa shape index (κ3) is 39.5. The lowest BCUT2D eigenvalue weighted by molar-refractivity contribution is -0.301. The third-order valence-electron chi connectivity index (χ3n) is 13.0. The van der Waals surface area contributed by atoms with Crippen LogP contribution >= 0.6 is 0 Å². The van der Waals surface area contributed by atoms with Gasteiger partial charge < -0.3 is 39.0 Å². The molecule has 0 bridgehead atoms. The SMILES string of the molecule is CCC/C=C\C/C=C\CCCCCCCC(=O)OCC(COC1OC(C(=O)O)C(O)C(O)C1OC(=O)CCCCCCCC/C=C\C/C=C\C/C=C\CCCCC)OC(=O)CCCCCCCCCCCCC. The van der Waals surface area contributed by atoms with Gasteiger partial charge in [0.15, 0.2) is 24.6 Å². The highest BCUT2D eigenvalue weighted by molar-refractivity contribution is 5.74. The zero-order chi connectivity index (χ0) is 53.3. The Labute approximate surface area is 443 Å². The van der Waals surface area contributed by atoms with Crippen molar-refractivity contribution in [3.8, 4) is 0 Å². The van der Waals surface area contributed by atoms with Gasteiger partial charge in [0.1, 0.15) is 18.8 Å². The molecule has 0 aromatic heterocycles. The van der Waals surface area contributed by atoms with Crippen LogP contribution in [0.4, 0.5) is 0 Å². The van der Waals surface area contributed by atoms with Gasteiger partial charge in [-0.3, -0.25) is 14.4 Å². The van der Waals surface area contributed by atoms with Gasteiger partial charge in [0.05, 0.1) is 6.61 Å². The summed E-state index contributed by atoms with van der Waals surface area (Å²) in [6, 6.07) is 0. The molecule has 0 aromatic rings. The summed E-state index contributed by atoms with van der Waals surface area (Å²) in [5.74, 6) is -3.14. The first-order valence-electron chi connectivity index (χ1n) is 29.3. The van der Waals surface area contributed by atoms with E-state index in [0.717, 1.165) is 122 Å². The molecular formula is C61H104O12. The fourth-order valence-corrected chi connectivity index (χ4v) is 8.53. The number of hydrogen-bond donors (Lipinski definition) is 3. The molecule has 6 unspecified atom stereocenters. The Morgan fingerprint density at radius 2 is 0.849 bits per heavy atom. The molecule has 12 heteroatoms. The van der Waals surface area contributed by atoms with Crippen LogP contribution < -0.4 is 0 Å². The van der Waals surface area contributed by atoms with Crippen LogP contribution in [0.15, 0.2) is 60.8 Å². The number of unbranched alkanes of at least 4 members (excludes halogenated alkanes) is 25. The van der Waals surface area contributed by atoms with E-state index in [0.29, 0.717) is 19.3 Å². The summed E-state index contributed by atoms with van der Waals surface area (Å²) >= 11 is 0. The number of carbonyl (C=O) groups excluding carboxylic acids is 3. The van der Waals surface area contributed by atoms with Gasteiger partial charge in [-0.05, 0) is 83.5 Å². The fourth-order valence-electron chi connectivity index (χ4n) is 8.53. The highest BCUT2D eigenvalue weighted by Crippen LogP contribution is 2.26. The molecule has 12 nitrogen and oxygen atoms in total. The molecule has 1 aliphatic heterocycles. The highest BCUT2D eigenvalue weighted by atomic mass is 16.7. The Balaban J connectivity index is 2.68. The van der Waals surface area contributed by atoms with Gasteiger partial charge in [-0.2, -0.15) is 0 Å². The maximum atomic E-state index is 13.1. The molecule has 0 saturated carbocycles. The molecule has 1 fully saturated rings. The Hall–Kier alpha value is -3.58. The number of rotatable bonds is 49. The van der Waals surface area contributed by atoms with E-state index >= 15 is 0 Å². The topological polar surface area (TPSA) is 175 Å². The molecular weight excluding hydrogens is 925 g/mol. The minimum absolute atomic E-state index is 0.0448. The summed E-state index contributed by atoms with van der Waals surface area (Å²) in [4.78, 5) is 51.0. The maximum Gasteiger partial charge on any atom is 0.335 e. The molecule has 6 atom stereocenters. The van der Waals surface area contributed by atoms with E-state index in [1.54, 1.807) is 0 Å². The summed E-state index contributed by atoms with van der Waals surface area (Å²) in [7, 11) is 0. The monoisotopic (exact) mass is 1030 g/mol. The third-order valence-corrected chi connectivity index (χ3v) is 13.0. The summed E-state index contributed by atoms with van der Waals surface area (Å²) in [5, 5.41) is 31.5. The molecule has 0 aliphatic carbocycles. The van der Waals surface area contributed by atoms with Crippen molar-refractivity contribution < 1.29 is 58.2 Å². The van der Waals surface area contributed by atoms with E-state index in [-0.39, 0.29) is 25.9 Å². The van der Waals surface area contributed by atoms with Crippen LogP contribution in [0.25, 0.3) is 0 Å². The molecule has 1 rings (SSSR count). The lowest BCUT2D eigenvalue weighted by Crippen LogP contribution is -2.61. The highest BCUT2D eigenvalue weighted by Gasteiger charge is 2.50. The normalized spacial score (nSPS) is 18.7. The number of aliphatic hydroxyl groups excluding tert-OH is 2. The van der Waals surface area contributed by atoms with Crippen LogP contribution in [0.2, 0.25) is 0 Å². The van der Waals surface area contributed by atoms with E-state index in [9.17, 15) is 34.5 Å². The fraction of sp³-hybridized carbons (Fsp3) is 0.770. The number of esters is 3. The molecule has 73 heavy (non-hydrogen) atoms. The minimum Gasteiger partial charge on any atom is -0.479 e. The van der Waals surface area contributed by atoms with Gasteiger partial charge in [0, 0.05) is 19.3 Å². The number of carboxylic acids is 1. The van der Waals surface area contributed by atoms with E-state index in [1.807, 2.05) is 0 Å². The second-order valence-electron chi connectivity index (χ2n) is 19.9. The molecule has 1 saturated heterocycles. The standard InChI is InChI=1S/C61H104O12/c1-4-7-10-13-16-19-22-24-25-26-27-28-29-31-34-37-40-43-46-49-55(64)72-59-57(66)56(65)58(60(67)68)73-61(59)70-51-52(71-54(63)48-45-42-39-36-32-21-18-15-12-9-6-3)50-69-53(62)47-44-41-38-35-33-30-23-20-17-14-11-8-5-2/h11,14,16,19-20,23-25,27-28,52,56-59,61,65-66H,4-10,12-13,15,17-18,21-22,26,29-51H2,1-3H3,(H,67,68)/b14-11-,19-16-,23-20-,25-24-,28-27-. The van der Waals surface area contributed by atoms with Crippen LogP contribution in [0.1, 0.15) is 252 Å². The van der Waals surface area contributed by atoms with Crippen molar-refractivity contribution in [1.29, 1.82) is 0 Å². The summed E-state index contributed by atoms with van der Waals surface area (Å²) < 4.78 is 28.4. The lowest BCUT2D eigenvalue weighted by atomic mass is 9.98. The molecule has 0 radical (unpaired) electrons. The first-order chi connectivity index (χ1) is 35.6. The maximum absolute atomic E-state index is 13.1. The number of carbonyl (C=O) groups is 4. The Morgan fingerprint density at radius 3 is 1.33 bits per heavy atom. The number of carboxylic acid groups (broad SMARTS) is 1. The number of ether oxygens (including phenoxy) is 5. The quantitative estimate of drug-likeness (QED) is 0.0228. The average molecular weight is 1030 g/mol. The van der Waals surface area contributed by atoms with Crippen LogP contribution in [0.3, 0.4) is 0 Å². The van der Waals surface area contributed by atoms with E-state index in [4.69, 9.17) is 23.7 Å². The summed E-state index contributed by atoms with van der Waals surface area (Å²) in [6.07, 6.45) is 47.6. The minimum atomic E-state index is -1.91. The van der Waals surface area contributed by atoms with Crippen molar-refractivity contribution in [3.63, 3.8) is 0 Å². The van der Waals surface area contributed by atoms with Crippen molar-refractivity contribution in [3.05, 3.63) is 60.8 Å². The van der Waals surface area contributed by atoms with Gasteiger partial charge in [0.2, 0.25) is 0 Å². The van der Waals surface area contributed by atoms with E-state index < -0.39 is 67.3 Å². The lowest BCUT2D eigenvalue weighted by Gasteiger charge is -2.40. The Bertz CT molecular complexity index is 1500. The van der Waals surface area contributed by atoms with Crippen molar-refractivity contribution in [1.82, 2.24) is 0 Å². The second kappa shape index (κ2) is 49.3. The van der Waals surface area contributed by atoms with Gasteiger partial charge >= 0.3 is 23.9 Å². The molecule has 0 amide bonds. The van der Waals surface area contributed by atoms with Crippen molar-refractivity contribution >= 4 is 23.9 Å². The number of aliphatic carboxylic acids is 1. The Kier molecular flexibility index (Phi) is 45.5. The van der Waals surface area contributed by atoms with Crippen molar-refractivity contribution in [2.24, 2.45) is 0 Å². The van der Waals surface area contributed by atoms with E-state index in [1.165, 1.54) is 70.6 Å². The number of allylic oxidation sites excluding steroid dienone is 10. The zero-order valence-corrected chi connectivity index (χ0v) is 46.1. The van der Waals surface area contributed by atoms with Crippen LogP contribution in [0, 0.1) is 0 Å². The Morgan fingerprint density at radius 1 is 0.452 bits per heavy atom. The smallest absolute Gasteiger partial charge is 0.335 e. The van der Waals surface area contributed by atoms with Gasteiger partial charge in [-0.15, -0.1) is 0 Å². The first-order valence-corrected chi connectivity index (χ1v) is 29.3. The average Bonchev–Trinajstić information content (AvgIpc) is 3.37. The largest absolute Gasteiger partial charge is 0.479 e. The second-order valence-corrected chi connectivity index (χ2v) is 19.9. The predicted octanol–water partition coefficient (Wildman–Crippen LogP) is 14.8. The van der Waals surface area contributed by atoms with Crippen molar-refractivity contribution in [2.45, 2.75) is 289 Å². The van der Waals surface area contributed by atoms with Gasteiger partial charge in [0.25, 0.3) is 0 Å². The molecule has 1 aliphatic rings. The van der Waals surface area contributed by atoms with Crippen LogP contribution in [-0.2, 0) is 42.9 Å². The zero-order valence-electron chi connectivity index (χ0n) is 46.1. The first kappa shape index (κ1) is 67.4. The molecule has 3 N–H and O–H groups in total. The molecule has 420 valence electrons. The van der Waals surface area contributed by atoms with Gasteiger partial charge in [-0.25, -0.2) is 4.79 Å². The van der Waals surface area contributed by atoms with E-state index in [2.05, 4.69) is 81.5 Å². The molecule has 1 heterocycles. The number of hydrogen-bond acceptors (Lipinski definition) is 11. The van der Waals surface area contributed by atoms with Crippen molar-refractivity contribution in [2.75, 3.05) is 13.2 Å². The van der Waals surface area contributed by atoms with Gasteiger partial charge in [-0.1, -0.05) is 210 Å². The molecule has 0 spiro atoms. The van der Waals surface area contributed by atoms with Crippen LogP contribution in [-0.4, -0.2) is 89.2 Å². The summed E-state index contributed by atoms with van der Waals surface area (Å²) in [5.41, 5.74) is 0. The molecule has 0 aromatic carbocycles. The number of aliphatic hydroxyl groups is 2. The predicted molar refractivity (Wildman–Crippen MR) is 294 cm³/mol. The summed E-state index contributed by atoms with van der Waals surface area (Å²) in [6.45, 7) is 5.88.